The first-order chi connectivity index (χ1) is 11.7. The van der Waals surface area contributed by atoms with Crippen molar-refractivity contribution in [2.24, 2.45) is 34.5 Å². The number of carbonyl (C=O) groups excluding carboxylic acids is 2. The normalized spacial score (nSPS) is 52.0. The molecule has 4 heteroatoms. The van der Waals surface area contributed by atoms with Crippen LogP contribution in [0.5, 0.6) is 0 Å². The highest BCUT2D eigenvalue weighted by Crippen LogP contribution is 2.66. The Morgan fingerprint density at radius 2 is 1.88 bits per heavy atom. The Morgan fingerprint density at radius 3 is 2.56 bits per heavy atom. The summed E-state index contributed by atoms with van der Waals surface area (Å²) in [4.78, 5) is 24.1. The molecule has 4 aliphatic rings. The van der Waals surface area contributed by atoms with E-state index in [0.717, 1.165) is 19.3 Å². The molecule has 2 N–H and O–H groups in total. The van der Waals surface area contributed by atoms with Gasteiger partial charge in [0, 0.05) is 12.3 Å². The summed E-state index contributed by atoms with van der Waals surface area (Å²) >= 11 is 0. The van der Waals surface area contributed by atoms with E-state index < -0.39 is 12.2 Å². The van der Waals surface area contributed by atoms with Crippen LogP contribution in [-0.4, -0.2) is 34.0 Å². The van der Waals surface area contributed by atoms with E-state index in [0.29, 0.717) is 19.3 Å². The van der Waals surface area contributed by atoms with E-state index in [1.54, 1.807) is 6.92 Å². The van der Waals surface area contributed by atoms with Crippen molar-refractivity contribution in [3.63, 3.8) is 0 Å². The van der Waals surface area contributed by atoms with Crippen molar-refractivity contribution in [1.29, 1.82) is 0 Å². The second-order valence-corrected chi connectivity index (χ2v) is 9.55. The second kappa shape index (κ2) is 5.50. The van der Waals surface area contributed by atoms with Crippen LogP contribution in [0.1, 0.15) is 59.3 Å². The maximum absolute atomic E-state index is 12.2. The molecule has 0 unspecified atom stereocenters. The molecule has 0 heterocycles. The molecular formula is C21H30O4. The minimum absolute atomic E-state index is 0.0748. The van der Waals surface area contributed by atoms with Gasteiger partial charge in [0.05, 0.1) is 12.2 Å². The molecule has 138 valence electrons. The second-order valence-electron chi connectivity index (χ2n) is 9.55. The van der Waals surface area contributed by atoms with Crippen molar-refractivity contribution in [3.8, 4) is 0 Å². The Balaban J connectivity index is 1.76. The molecule has 0 amide bonds. The van der Waals surface area contributed by atoms with Crippen LogP contribution >= 0.6 is 0 Å². The Morgan fingerprint density at radius 1 is 1.16 bits per heavy atom. The number of aliphatic hydroxyl groups excluding tert-OH is 2. The van der Waals surface area contributed by atoms with Gasteiger partial charge in [-0.1, -0.05) is 19.4 Å². The molecule has 0 aromatic rings. The van der Waals surface area contributed by atoms with Crippen LogP contribution in [0, 0.1) is 34.5 Å². The van der Waals surface area contributed by atoms with Gasteiger partial charge in [-0.05, 0) is 73.7 Å². The number of ketones is 2. The summed E-state index contributed by atoms with van der Waals surface area (Å²) in [6.07, 6.45) is 5.13. The van der Waals surface area contributed by atoms with Crippen LogP contribution in [0.15, 0.2) is 11.6 Å². The topological polar surface area (TPSA) is 74.6 Å². The Kier molecular flexibility index (Phi) is 3.83. The Labute approximate surface area is 149 Å². The monoisotopic (exact) mass is 346 g/mol. The summed E-state index contributed by atoms with van der Waals surface area (Å²) in [7, 11) is 0. The van der Waals surface area contributed by atoms with E-state index in [9.17, 15) is 19.8 Å². The zero-order valence-corrected chi connectivity index (χ0v) is 15.5. The summed E-state index contributed by atoms with van der Waals surface area (Å²) in [5, 5.41) is 22.0. The summed E-state index contributed by atoms with van der Waals surface area (Å²) in [6, 6.07) is 0. The standard InChI is InChI=1S/C21H30O4/c1-11(22)15-9-16(24)18-14-5-4-12-8-13(23)6-7-20(12,2)19(14)17(25)10-21(15,18)3/h8,14-19,24-25H,4-7,9-10H2,1-3H3/t14-,15+,16+,17+,18+,19+,20-,21+/m0/s1. The van der Waals surface area contributed by atoms with Gasteiger partial charge >= 0.3 is 0 Å². The van der Waals surface area contributed by atoms with Gasteiger partial charge in [-0.3, -0.25) is 9.59 Å². The zero-order valence-electron chi connectivity index (χ0n) is 15.5. The number of allylic oxidation sites excluding steroid dienone is 1. The third-order valence-electron chi connectivity index (χ3n) is 8.37. The SMILES string of the molecule is CC(=O)[C@H]1C[C@@H](O)[C@H]2[C@@H]3CCC4=CC(=O)CC[C@]4(C)[C@H]3[C@H](O)C[C@@]21C. The van der Waals surface area contributed by atoms with Crippen molar-refractivity contribution >= 4 is 11.6 Å². The molecule has 25 heavy (non-hydrogen) atoms. The van der Waals surface area contributed by atoms with Crippen LogP contribution in [0.4, 0.5) is 0 Å². The number of hydrogen-bond donors (Lipinski definition) is 2. The van der Waals surface area contributed by atoms with Crippen LogP contribution in [0.2, 0.25) is 0 Å². The molecule has 4 rings (SSSR count). The predicted octanol–water partition coefficient (Wildman–Crippen LogP) is 2.67. The maximum Gasteiger partial charge on any atom is 0.155 e. The van der Waals surface area contributed by atoms with Gasteiger partial charge in [0.1, 0.15) is 5.78 Å². The average molecular weight is 346 g/mol. The number of carbonyl (C=O) groups is 2. The molecule has 0 saturated heterocycles. The van der Waals surface area contributed by atoms with Crippen molar-refractivity contribution in [2.75, 3.05) is 0 Å². The smallest absolute Gasteiger partial charge is 0.155 e. The van der Waals surface area contributed by atoms with E-state index in [1.807, 2.05) is 6.08 Å². The van der Waals surface area contributed by atoms with Gasteiger partial charge in [-0.2, -0.15) is 0 Å². The van der Waals surface area contributed by atoms with Gasteiger partial charge in [0.25, 0.3) is 0 Å². The number of rotatable bonds is 1. The Hall–Kier alpha value is -1.00. The quantitative estimate of drug-likeness (QED) is 0.765. The molecule has 0 aromatic carbocycles. The minimum Gasteiger partial charge on any atom is -0.393 e. The highest BCUT2D eigenvalue weighted by atomic mass is 16.3. The van der Waals surface area contributed by atoms with E-state index in [2.05, 4.69) is 13.8 Å². The first kappa shape index (κ1) is 17.4. The zero-order chi connectivity index (χ0) is 18.1. The van der Waals surface area contributed by atoms with Gasteiger partial charge in [-0.25, -0.2) is 0 Å². The van der Waals surface area contributed by atoms with Gasteiger partial charge in [-0.15, -0.1) is 0 Å². The van der Waals surface area contributed by atoms with Crippen molar-refractivity contribution < 1.29 is 19.8 Å². The predicted molar refractivity (Wildman–Crippen MR) is 93.7 cm³/mol. The van der Waals surface area contributed by atoms with Crippen molar-refractivity contribution in [3.05, 3.63) is 11.6 Å². The highest BCUT2D eigenvalue weighted by Gasteiger charge is 2.65. The molecule has 0 bridgehead atoms. The largest absolute Gasteiger partial charge is 0.393 e. The minimum atomic E-state index is -0.472. The third-order valence-corrected chi connectivity index (χ3v) is 8.37. The van der Waals surface area contributed by atoms with Crippen LogP contribution in [-0.2, 0) is 9.59 Å². The fourth-order valence-corrected chi connectivity index (χ4v) is 7.39. The lowest BCUT2D eigenvalue weighted by Gasteiger charge is -2.60. The maximum atomic E-state index is 12.2. The van der Waals surface area contributed by atoms with Gasteiger partial charge in [0.2, 0.25) is 0 Å². The lowest BCUT2D eigenvalue weighted by atomic mass is 9.45. The van der Waals surface area contributed by atoms with Crippen molar-refractivity contribution in [1.82, 2.24) is 0 Å². The molecular weight excluding hydrogens is 316 g/mol. The van der Waals surface area contributed by atoms with Gasteiger partial charge < -0.3 is 10.2 Å². The van der Waals surface area contributed by atoms with Gasteiger partial charge in [0.15, 0.2) is 5.78 Å². The van der Waals surface area contributed by atoms with Crippen LogP contribution in [0.25, 0.3) is 0 Å². The average Bonchev–Trinajstić information content (AvgIpc) is 2.78. The summed E-state index contributed by atoms with van der Waals surface area (Å²) < 4.78 is 0. The molecule has 0 aliphatic heterocycles. The molecule has 4 aliphatic carbocycles. The lowest BCUT2D eigenvalue weighted by Crippen LogP contribution is -2.58. The summed E-state index contributed by atoms with van der Waals surface area (Å²) in [5.41, 5.74) is 0.739. The number of aliphatic hydroxyl groups is 2. The fourth-order valence-electron chi connectivity index (χ4n) is 7.39. The molecule has 8 atom stereocenters. The van der Waals surface area contributed by atoms with Crippen molar-refractivity contribution in [2.45, 2.75) is 71.5 Å². The third kappa shape index (κ3) is 2.26. The van der Waals surface area contributed by atoms with Crippen LogP contribution < -0.4 is 0 Å². The Bertz CT molecular complexity index is 652. The number of hydrogen-bond acceptors (Lipinski definition) is 4. The first-order valence-electron chi connectivity index (χ1n) is 9.79. The summed E-state index contributed by atoms with van der Waals surface area (Å²) in [5.74, 6) is 0.577. The molecule has 3 fully saturated rings. The summed E-state index contributed by atoms with van der Waals surface area (Å²) in [6.45, 7) is 5.94. The number of fused-ring (bicyclic) bond motifs is 5. The van der Waals surface area contributed by atoms with Crippen LogP contribution in [0.3, 0.4) is 0 Å². The molecule has 0 spiro atoms. The molecule has 4 nitrogen and oxygen atoms in total. The van der Waals surface area contributed by atoms with E-state index in [1.165, 1.54) is 5.57 Å². The lowest BCUT2D eigenvalue weighted by molar-refractivity contribution is -0.151. The first-order valence-corrected chi connectivity index (χ1v) is 9.79. The van der Waals surface area contributed by atoms with E-state index in [-0.39, 0.29) is 46.1 Å². The highest BCUT2D eigenvalue weighted by molar-refractivity contribution is 5.91. The van der Waals surface area contributed by atoms with E-state index >= 15 is 0 Å². The molecule has 0 radical (unpaired) electrons. The van der Waals surface area contributed by atoms with E-state index in [4.69, 9.17) is 0 Å². The fraction of sp³-hybridized carbons (Fsp3) is 0.810. The number of Topliss-reactive ketones (excluding diaryl/α,β-unsaturated/α-hetero) is 1. The molecule has 0 aromatic heterocycles. The molecule has 3 saturated carbocycles.